The van der Waals surface area contributed by atoms with Crippen molar-refractivity contribution < 1.29 is 14.3 Å². The fourth-order valence-electron chi connectivity index (χ4n) is 3.21. The normalized spacial score (nSPS) is 22.5. The van der Waals surface area contributed by atoms with Crippen molar-refractivity contribution in [2.75, 3.05) is 13.2 Å². The first-order valence-electron chi connectivity index (χ1n) is 8.46. The molecule has 1 aromatic rings. The summed E-state index contributed by atoms with van der Waals surface area (Å²) in [6, 6.07) is 7.77. The quantitative estimate of drug-likeness (QED) is 0.908. The molecule has 1 N–H and O–H groups in total. The molecule has 1 amide bonds. The van der Waals surface area contributed by atoms with Crippen LogP contribution < -0.4 is 10.1 Å². The van der Waals surface area contributed by atoms with Gasteiger partial charge < -0.3 is 14.8 Å². The highest BCUT2D eigenvalue weighted by molar-refractivity contribution is 5.94. The Labute approximate surface area is 132 Å². The molecule has 120 valence electrons. The van der Waals surface area contributed by atoms with E-state index >= 15 is 0 Å². The highest BCUT2D eigenvalue weighted by Gasteiger charge is 2.18. The highest BCUT2D eigenvalue weighted by Crippen LogP contribution is 2.20. The number of carbonyl (C=O) groups is 1. The van der Waals surface area contributed by atoms with Gasteiger partial charge in [0.2, 0.25) is 0 Å². The first kappa shape index (κ1) is 15.3. The van der Waals surface area contributed by atoms with Crippen LogP contribution in [0.15, 0.2) is 24.3 Å². The second kappa shape index (κ2) is 7.63. The van der Waals surface area contributed by atoms with E-state index in [1.807, 2.05) is 24.3 Å². The van der Waals surface area contributed by atoms with Gasteiger partial charge in [-0.2, -0.15) is 0 Å². The Hall–Kier alpha value is -1.55. The maximum atomic E-state index is 12.3. The van der Waals surface area contributed by atoms with Crippen molar-refractivity contribution in [1.82, 2.24) is 5.32 Å². The molecule has 3 rings (SSSR count). The minimum absolute atomic E-state index is 0.00877. The number of carbonyl (C=O) groups excluding carboxylic acids is 1. The van der Waals surface area contributed by atoms with Crippen LogP contribution in [0.3, 0.4) is 0 Å². The van der Waals surface area contributed by atoms with E-state index in [4.69, 9.17) is 9.47 Å². The summed E-state index contributed by atoms with van der Waals surface area (Å²) in [5, 5.41) is 3.14. The summed E-state index contributed by atoms with van der Waals surface area (Å²) in [5.41, 5.74) is 0.676. The summed E-state index contributed by atoms with van der Waals surface area (Å²) in [5.74, 6) is 0.751. The molecule has 4 nitrogen and oxygen atoms in total. The molecule has 22 heavy (non-hydrogen) atoms. The molecule has 1 aliphatic heterocycles. The van der Waals surface area contributed by atoms with Crippen molar-refractivity contribution in [3.8, 4) is 5.75 Å². The van der Waals surface area contributed by atoms with Crippen molar-refractivity contribution in [3.63, 3.8) is 0 Å². The lowest BCUT2D eigenvalue weighted by atomic mass is 9.95. The summed E-state index contributed by atoms with van der Waals surface area (Å²) >= 11 is 0. The molecule has 1 heterocycles. The molecule has 2 aliphatic rings. The van der Waals surface area contributed by atoms with Gasteiger partial charge in [0.25, 0.3) is 5.91 Å². The minimum Gasteiger partial charge on any atom is -0.491 e. The van der Waals surface area contributed by atoms with E-state index in [1.54, 1.807) is 0 Å². The largest absolute Gasteiger partial charge is 0.491 e. The summed E-state index contributed by atoms with van der Waals surface area (Å²) < 4.78 is 11.3. The average Bonchev–Trinajstić information content (AvgIpc) is 3.08. The molecule has 2 fully saturated rings. The zero-order valence-electron chi connectivity index (χ0n) is 13.1. The summed E-state index contributed by atoms with van der Waals surface area (Å²) in [6.07, 6.45) is 8.28. The van der Waals surface area contributed by atoms with E-state index in [1.165, 1.54) is 19.3 Å². The van der Waals surface area contributed by atoms with Crippen LogP contribution in [0.2, 0.25) is 0 Å². The van der Waals surface area contributed by atoms with Crippen molar-refractivity contribution in [1.29, 1.82) is 0 Å². The molecule has 0 bridgehead atoms. The lowest BCUT2D eigenvalue weighted by Gasteiger charge is -2.22. The van der Waals surface area contributed by atoms with Crippen molar-refractivity contribution in [2.24, 2.45) is 0 Å². The molecular weight excluding hydrogens is 278 g/mol. The molecular formula is C18H25NO3. The number of hydrogen-bond donors (Lipinski definition) is 1. The van der Waals surface area contributed by atoms with Gasteiger partial charge >= 0.3 is 0 Å². The molecule has 0 spiro atoms. The Morgan fingerprint density at radius 3 is 2.82 bits per heavy atom. The fraction of sp³-hybridized carbons (Fsp3) is 0.611. The van der Waals surface area contributed by atoms with Gasteiger partial charge in [0.05, 0.1) is 6.10 Å². The van der Waals surface area contributed by atoms with Gasteiger partial charge in [-0.1, -0.05) is 25.3 Å². The van der Waals surface area contributed by atoms with Gasteiger partial charge in [0.1, 0.15) is 12.4 Å². The minimum atomic E-state index is 0.00877. The maximum absolute atomic E-state index is 12.3. The number of amides is 1. The maximum Gasteiger partial charge on any atom is 0.251 e. The van der Waals surface area contributed by atoms with Crippen molar-refractivity contribution >= 4 is 5.91 Å². The lowest BCUT2D eigenvalue weighted by molar-refractivity contribution is 0.0679. The Balaban J connectivity index is 1.53. The first-order valence-corrected chi connectivity index (χ1v) is 8.46. The summed E-state index contributed by atoms with van der Waals surface area (Å²) in [4.78, 5) is 12.3. The lowest BCUT2D eigenvalue weighted by Crippen LogP contribution is -2.36. The Morgan fingerprint density at radius 1 is 1.18 bits per heavy atom. The number of rotatable bonds is 5. The average molecular weight is 303 g/mol. The second-order valence-electron chi connectivity index (χ2n) is 6.28. The van der Waals surface area contributed by atoms with Crippen LogP contribution in [0.1, 0.15) is 55.3 Å². The van der Waals surface area contributed by atoms with Gasteiger partial charge in [0.15, 0.2) is 0 Å². The van der Waals surface area contributed by atoms with E-state index in [0.29, 0.717) is 18.2 Å². The number of ether oxygens (including phenoxy) is 2. The third-order valence-corrected chi connectivity index (χ3v) is 4.50. The predicted octanol–water partition coefficient (Wildman–Crippen LogP) is 3.31. The van der Waals surface area contributed by atoms with E-state index in [0.717, 1.165) is 38.0 Å². The third kappa shape index (κ3) is 4.23. The van der Waals surface area contributed by atoms with Crippen LogP contribution >= 0.6 is 0 Å². The Morgan fingerprint density at radius 2 is 2.05 bits per heavy atom. The zero-order valence-corrected chi connectivity index (χ0v) is 13.1. The highest BCUT2D eigenvalue weighted by atomic mass is 16.5. The van der Waals surface area contributed by atoms with Gasteiger partial charge in [-0.25, -0.2) is 0 Å². The fourth-order valence-corrected chi connectivity index (χ4v) is 3.21. The van der Waals surface area contributed by atoms with E-state index < -0.39 is 0 Å². The molecule has 1 saturated heterocycles. The Kier molecular flexibility index (Phi) is 5.33. The molecule has 0 radical (unpaired) electrons. The monoisotopic (exact) mass is 303 g/mol. The van der Waals surface area contributed by atoms with E-state index in [2.05, 4.69) is 5.32 Å². The van der Waals surface area contributed by atoms with Crippen molar-refractivity contribution in [2.45, 2.75) is 57.1 Å². The molecule has 1 atom stereocenters. The van der Waals surface area contributed by atoms with Crippen LogP contribution in [0.25, 0.3) is 0 Å². The molecule has 1 aromatic carbocycles. The van der Waals surface area contributed by atoms with Gasteiger partial charge in [-0.05, 0) is 43.9 Å². The predicted molar refractivity (Wildman–Crippen MR) is 85.3 cm³/mol. The number of hydrogen-bond acceptors (Lipinski definition) is 3. The van der Waals surface area contributed by atoms with Crippen LogP contribution in [-0.2, 0) is 4.74 Å². The first-order chi connectivity index (χ1) is 10.8. The molecule has 1 saturated carbocycles. The number of benzene rings is 1. The van der Waals surface area contributed by atoms with Crippen LogP contribution in [0.5, 0.6) is 5.75 Å². The van der Waals surface area contributed by atoms with E-state index in [9.17, 15) is 4.79 Å². The van der Waals surface area contributed by atoms with Crippen LogP contribution in [0.4, 0.5) is 0 Å². The molecule has 1 unspecified atom stereocenters. The van der Waals surface area contributed by atoms with Crippen LogP contribution in [0, 0.1) is 0 Å². The topological polar surface area (TPSA) is 47.6 Å². The van der Waals surface area contributed by atoms with E-state index in [-0.39, 0.29) is 12.0 Å². The molecule has 4 heteroatoms. The van der Waals surface area contributed by atoms with Crippen LogP contribution in [-0.4, -0.2) is 31.3 Å². The summed E-state index contributed by atoms with van der Waals surface area (Å²) in [7, 11) is 0. The SMILES string of the molecule is O=C(NC1CCCCC1)c1cccc(OCC2CCCO2)c1. The molecule has 0 aromatic heterocycles. The smallest absolute Gasteiger partial charge is 0.251 e. The number of nitrogens with one attached hydrogen (secondary N) is 1. The molecule has 1 aliphatic carbocycles. The third-order valence-electron chi connectivity index (χ3n) is 4.50. The van der Waals surface area contributed by atoms with Gasteiger partial charge in [-0.3, -0.25) is 4.79 Å². The zero-order chi connectivity index (χ0) is 15.2. The Bertz CT molecular complexity index is 491. The van der Waals surface area contributed by atoms with Gasteiger partial charge in [0, 0.05) is 18.2 Å². The summed E-state index contributed by atoms with van der Waals surface area (Å²) in [6.45, 7) is 1.39. The second-order valence-corrected chi connectivity index (χ2v) is 6.28. The van der Waals surface area contributed by atoms with Crippen molar-refractivity contribution in [3.05, 3.63) is 29.8 Å². The van der Waals surface area contributed by atoms with Gasteiger partial charge in [-0.15, -0.1) is 0 Å². The standard InChI is InChI=1S/C18H25NO3/c20-18(19-15-7-2-1-3-8-15)14-6-4-9-16(12-14)22-13-17-10-5-11-21-17/h4,6,9,12,15,17H,1-3,5,7-8,10-11,13H2,(H,19,20).